The number of thiophene rings is 1. The second kappa shape index (κ2) is 8.50. The van der Waals surface area contributed by atoms with E-state index in [1.807, 2.05) is 24.4 Å². The molecule has 152 valence electrons. The lowest BCUT2D eigenvalue weighted by molar-refractivity contribution is 0.353. The van der Waals surface area contributed by atoms with Crippen molar-refractivity contribution in [3.63, 3.8) is 0 Å². The molecule has 30 heavy (non-hydrogen) atoms. The van der Waals surface area contributed by atoms with Crippen LogP contribution in [0.4, 0.5) is 5.82 Å². The van der Waals surface area contributed by atoms with Crippen molar-refractivity contribution in [3.05, 3.63) is 72.1 Å². The molecule has 0 radical (unpaired) electrons. The summed E-state index contributed by atoms with van der Waals surface area (Å²) in [5.41, 5.74) is 9.86. The first-order chi connectivity index (χ1) is 14.8. The average molecular weight is 416 g/mol. The topological polar surface area (TPSA) is 67.9 Å². The van der Waals surface area contributed by atoms with Gasteiger partial charge in [0.25, 0.3) is 0 Å². The van der Waals surface area contributed by atoms with Gasteiger partial charge in [-0.25, -0.2) is 9.97 Å². The Bertz CT molecular complexity index is 1100. The third-order valence-corrected chi connectivity index (χ3v) is 6.89. The zero-order valence-electron chi connectivity index (χ0n) is 16.8. The highest BCUT2D eigenvalue weighted by Crippen LogP contribution is 2.39. The normalized spacial score (nSPS) is 16.1. The number of rotatable bonds is 5. The number of aromatic nitrogens is 3. The molecule has 1 aromatic carbocycles. The first-order valence-electron chi connectivity index (χ1n) is 10.5. The van der Waals surface area contributed by atoms with Crippen molar-refractivity contribution >= 4 is 27.4 Å². The molecule has 3 aromatic heterocycles. The van der Waals surface area contributed by atoms with Crippen molar-refractivity contribution in [1.82, 2.24) is 15.0 Å². The zero-order chi connectivity index (χ0) is 20.3. The Morgan fingerprint density at radius 3 is 2.57 bits per heavy atom. The van der Waals surface area contributed by atoms with E-state index in [1.54, 1.807) is 17.7 Å². The molecule has 5 rings (SSSR count). The Morgan fingerprint density at radius 2 is 1.80 bits per heavy atom. The van der Waals surface area contributed by atoms with Crippen LogP contribution in [0.2, 0.25) is 0 Å². The van der Waals surface area contributed by atoms with Gasteiger partial charge in [-0.05, 0) is 42.9 Å². The van der Waals surface area contributed by atoms with E-state index in [0.29, 0.717) is 5.92 Å². The van der Waals surface area contributed by atoms with Crippen molar-refractivity contribution < 1.29 is 0 Å². The molecule has 4 heterocycles. The predicted octanol–water partition coefficient (Wildman–Crippen LogP) is 5.06. The van der Waals surface area contributed by atoms with Crippen molar-refractivity contribution in [2.75, 3.05) is 18.0 Å². The maximum Gasteiger partial charge on any atom is 0.141 e. The van der Waals surface area contributed by atoms with Gasteiger partial charge < -0.3 is 10.6 Å². The lowest BCUT2D eigenvalue weighted by Gasteiger charge is -2.34. The molecule has 1 atom stereocenters. The lowest BCUT2D eigenvalue weighted by Crippen LogP contribution is -2.35. The summed E-state index contributed by atoms with van der Waals surface area (Å²) in [6.07, 6.45) is 6.75. The first-order valence-corrected chi connectivity index (χ1v) is 11.4. The van der Waals surface area contributed by atoms with Crippen molar-refractivity contribution in [3.8, 4) is 11.1 Å². The van der Waals surface area contributed by atoms with Crippen molar-refractivity contribution in [1.29, 1.82) is 0 Å². The molecule has 1 fully saturated rings. The standard InChI is InChI=1S/C24H25N5S/c25-20(21-8-4-5-11-26-21)14-17-9-12-29(13-10-17)23-22-19(18-6-2-1-3-7-18)15-30-24(22)28-16-27-23/h1-8,11,15-17,20H,9-10,12-14,25H2. The van der Waals surface area contributed by atoms with E-state index >= 15 is 0 Å². The van der Waals surface area contributed by atoms with E-state index in [2.05, 4.69) is 50.6 Å². The number of nitrogens with two attached hydrogens (primary N) is 1. The molecule has 0 bridgehead atoms. The minimum Gasteiger partial charge on any atom is -0.356 e. The summed E-state index contributed by atoms with van der Waals surface area (Å²) in [5, 5.41) is 3.38. The molecule has 0 saturated carbocycles. The second-order valence-corrected chi connectivity index (χ2v) is 8.78. The van der Waals surface area contributed by atoms with E-state index in [0.717, 1.165) is 48.7 Å². The molecule has 6 heteroatoms. The predicted molar refractivity (Wildman–Crippen MR) is 124 cm³/mol. The number of hydrogen-bond acceptors (Lipinski definition) is 6. The van der Waals surface area contributed by atoms with Gasteiger partial charge in [-0.3, -0.25) is 4.98 Å². The van der Waals surface area contributed by atoms with Gasteiger partial charge in [0.05, 0.1) is 11.1 Å². The average Bonchev–Trinajstić information content (AvgIpc) is 3.25. The van der Waals surface area contributed by atoms with Crippen LogP contribution < -0.4 is 10.6 Å². The molecule has 2 N–H and O–H groups in total. The van der Waals surface area contributed by atoms with Crippen LogP contribution in [-0.2, 0) is 0 Å². The summed E-state index contributed by atoms with van der Waals surface area (Å²) in [6, 6.07) is 16.5. The molecule has 0 aliphatic carbocycles. The summed E-state index contributed by atoms with van der Waals surface area (Å²) in [4.78, 5) is 17.1. The lowest BCUT2D eigenvalue weighted by atomic mass is 9.89. The number of piperidine rings is 1. The van der Waals surface area contributed by atoms with E-state index in [4.69, 9.17) is 10.7 Å². The molecule has 1 aliphatic rings. The Balaban J connectivity index is 1.33. The van der Waals surface area contributed by atoms with Crippen LogP contribution in [0.5, 0.6) is 0 Å². The van der Waals surface area contributed by atoms with Crippen molar-refractivity contribution in [2.45, 2.75) is 25.3 Å². The maximum atomic E-state index is 6.42. The molecular formula is C24H25N5S. The Kier molecular flexibility index (Phi) is 5.43. The Hall–Kier alpha value is -2.83. The Morgan fingerprint density at radius 1 is 1.00 bits per heavy atom. The van der Waals surface area contributed by atoms with Crippen LogP contribution >= 0.6 is 11.3 Å². The zero-order valence-corrected chi connectivity index (χ0v) is 17.6. The van der Waals surface area contributed by atoms with Gasteiger partial charge in [0.1, 0.15) is 17.0 Å². The molecule has 0 amide bonds. The first kappa shape index (κ1) is 19.2. The maximum absolute atomic E-state index is 6.42. The summed E-state index contributed by atoms with van der Waals surface area (Å²) < 4.78 is 0. The molecule has 5 nitrogen and oxygen atoms in total. The van der Waals surface area contributed by atoms with Crippen LogP contribution in [0, 0.1) is 5.92 Å². The highest BCUT2D eigenvalue weighted by Gasteiger charge is 2.25. The van der Waals surface area contributed by atoms with Crippen LogP contribution in [0.25, 0.3) is 21.3 Å². The van der Waals surface area contributed by atoms with Crippen LogP contribution in [-0.4, -0.2) is 28.0 Å². The minimum atomic E-state index is 0.00932. The second-order valence-electron chi connectivity index (χ2n) is 7.92. The van der Waals surface area contributed by atoms with Gasteiger partial charge in [0.2, 0.25) is 0 Å². The SMILES string of the molecule is NC(CC1CCN(c2ncnc3scc(-c4ccccc4)c23)CC1)c1ccccn1. The number of nitrogens with zero attached hydrogens (tertiary/aromatic N) is 4. The van der Waals surface area contributed by atoms with Gasteiger partial charge in [0, 0.05) is 36.3 Å². The highest BCUT2D eigenvalue weighted by atomic mass is 32.1. The number of anilines is 1. The van der Waals surface area contributed by atoms with E-state index in [-0.39, 0.29) is 6.04 Å². The minimum absolute atomic E-state index is 0.00932. The molecule has 1 aliphatic heterocycles. The molecule has 4 aromatic rings. The fourth-order valence-corrected chi connectivity index (χ4v) is 5.30. The summed E-state index contributed by atoms with van der Waals surface area (Å²) in [6.45, 7) is 1.99. The monoisotopic (exact) mass is 415 g/mol. The van der Waals surface area contributed by atoms with Gasteiger partial charge in [-0.2, -0.15) is 0 Å². The van der Waals surface area contributed by atoms with Crippen LogP contribution in [0.3, 0.4) is 0 Å². The molecule has 1 unspecified atom stereocenters. The van der Waals surface area contributed by atoms with Gasteiger partial charge in [-0.15, -0.1) is 11.3 Å². The summed E-state index contributed by atoms with van der Waals surface area (Å²) in [5.74, 6) is 1.68. The van der Waals surface area contributed by atoms with Gasteiger partial charge in [-0.1, -0.05) is 36.4 Å². The van der Waals surface area contributed by atoms with Crippen molar-refractivity contribution in [2.24, 2.45) is 11.7 Å². The van der Waals surface area contributed by atoms with Gasteiger partial charge in [0.15, 0.2) is 0 Å². The number of pyridine rings is 1. The number of fused-ring (bicyclic) bond motifs is 1. The van der Waals surface area contributed by atoms with E-state index in [1.165, 1.54) is 16.5 Å². The van der Waals surface area contributed by atoms with Crippen LogP contribution in [0.1, 0.15) is 31.0 Å². The third kappa shape index (κ3) is 3.80. The Labute approximate surface area is 180 Å². The van der Waals surface area contributed by atoms with Gasteiger partial charge >= 0.3 is 0 Å². The van der Waals surface area contributed by atoms with E-state index < -0.39 is 0 Å². The summed E-state index contributed by atoms with van der Waals surface area (Å²) in [7, 11) is 0. The smallest absolute Gasteiger partial charge is 0.141 e. The van der Waals surface area contributed by atoms with Crippen LogP contribution in [0.15, 0.2) is 66.4 Å². The fourth-order valence-electron chi connectivity index (χ4n) is 4.38. The quantitative estimate of drug-likeness (QED) is 0.493. The number of benzene rings is 1. The molecular weight excluding hydrogens is 390 g/mol. The van der Waals surface area contributed by atoms with E-state index in [9.17, 15) is 0 Å². The summed E-state index contributed by atoms with van der Waals surface area (Å²) >= 11 is 1.69. The highest BCUT2D eigenvalue weighted by molar-refractivity contribution is 7.17. The largest absolute Gasteiger partial charge is 0.356 e. The molecule has 0 spiro atoms. The fraction of sp³-hybridized carbons (Fsp3) is 0.292. The number of hydrogen-bond donors (Lipinski definition) is 1. The third-order valence-electron chi connectivity index (χ3n) is 6.00. The molecule has 1 saturated heterocycles.